The van der Waals surface area contributed by atoms with Gasteiger partial charge in [-0.1, -0.05) is 12.1 Å². The van der Waals surface area contributed by atoms with Crippen molar-refractivity contribution in [3.8, 4) is 5.75 Å². The number of alkyl halides is 2. The summed E-state index contributed by atoms with van der Waals surface area (Å²) in [5, 5.41) is 0. The van der Waals surface area contributed by atoms with Crippen molar-refractivity contribution in [3.05, 3.63) is 29.8 Å². The summed E-state index contributed by atoms with van der Waals surface area (Å²) < 4.78 is 27.4. The third kappa shape index (κ3) is 2.30. The smallest absolute Gasteiger partial charge is 0.387 e. The van der Waals surface area contributed by atoms with Crippen LogP contribution in [-0.4, -0.2) is 12.9 Å². The minimum atomic E-state index is -2.85. The monoisotopic (exact) mass is 172 g/mol. The highest BCUT2D eigenvalue weighted by Gasteiger charge is 2.03. The number of carbonyl (C=O) groups is 1. The van der Waals surface area contributed by atoms with Gasteiger partial charge in [-0.2, -0.15) is 8.78 Å². The number of aldehydes is 1. The zero-order chi connectivity index (χ0) is 8.97. The number of benzene rings is 1. The maximum atomic E-state index is 11.6. The summed E-state index contributed by atoms with van der Waals surface area (Å²) in [6.45, 7) is -2.85. The quantitative estimate of drug-likeness (QED) is 0.652. The third-order valence-electron chi connectivity index (χ3n) is 1.22. The molecular weight excluding hydrogens is 166 g/mol. The summed E-state index contributed by atoms with van der Waals surface area (Å²) in [6, 6.07) is 5.59. The molecule has 1 rings (SSSR count). The van der Waals surface area contributed by atoms with Crippen molar-refractivity contribution >= 4 is 6.29 Å². The predicted octanol–water partition coefficient (Wildman–Crippen LogP) is 2.10. The van der Waals surface area contributed by atoms with Crippen LogP contribution < -0.4 is 4.74 Å². The highest BCUT2D eigenvalue weighted by atomic mass is 19.3. The molecule has 64 valence electrons. The molecule has 0 saturated heterocycles. The molecule has 0 fully saturated rings. The van der Waals surface area contributed by atoms with E-state index in [0.29, 0.717) is 11.8 Å². The lowest BCUT2D eigenvalue weighted by molar-refractivity contribution is -0.0498. The topological polar surface area (TPSA) is 26.3 Å². The Morgan fingerprint density at radius 3 is 2.75 bits per heavy atom. The van der Waals surface area contributed by atoms with Crippen molar-refractivity contribution < 1.29 is 18.3 Å². The van der Waals surface area contributed by atoms with Crippen molar-refractivity contribution in [2.45, 2.75) is 6.61 Å². The number of hydrogen-bond acceptors (Lipinski definition) is 2. The molecule has 0 aliphatic carbocycles. The largest absolute Gasteiger partial charge is 0.435 e. The predicted molar refractivity (Wildman–Crippen MR) is 38.5 cm³/mol. The number of ether oxygens (including phenoxy) is 1. The Labute approximate surface area is 67.8 Å². The molecule has 0 radical (unpaired) electrons. The van der Waals surface area contributed by atoms with Gasteiger partial charge in [-0.15, -0.1) is 0 Å². The second-order valence-corrected chi connectivity index (χ2v) is 2.07. The van der Waals surface area contributed by atoms with Crippen LogP contribution in [0, 0.1) is 0 Å². The van der Waals surface area contributed by atoms with Gasteiger partial charge in [0.25, 0.3) is 0 Å². The van der Waals surface area contributed by atoms with Crippen LogP contribution in [0.2, 0.25) is 0 Å². The van der Waals surface area contributed by atoms with E-state index in [4.69, 9.17) is 0 Å². The van der Waals surface area contributed by atoms with E-state index in [0.717, 1.165) is 0 Å². The molecule has 12 heavy (non-hydrogen) atoms. The Morgan fingerprint density at radius 1 is 1.42 bits per heavy atom. The zero-order valence-corrected chi connectivity index (χ0v) is 6.04. The molecule has 0 bridgehead atoms. The van der Waals surface area contributed by atoms with Crippen molar-refractivity contribution in [1.29, 1.82) is 0 Å². The van der Waals surface area contributed by atoms with E-state index >= 15 is 0 Å². The Balaban J connectivity index is 2.79. The molecule has 0 aromatic heterocycles. The molecule has 1 aromatic rings. The van der Waals surface area contributed by atoms with E-state index in [2.05, 4.69) is 4.74 Å². The SMILES string of the molecule is O=Cc1cccc(OC(F)F)c1. The minimum absolute atomic E-state index is 0.00500. The van der Waals surface area contributed by atoms with Crippen LogP contribution in [-0.2, 0) is 0 Å². The van der Waals surface area contributed by atoms with Gasteiger partial charge in [-0.3, -0.25) is 4.79 Å². The fraction of sp³-hybridized carbons (Fsp3) is 0.125. The Hall–Kier alpha value is -1.45. The molecular formula is C8H6F2O2. The second-order valence-electron chi connectivity index (χ2n) is 2.07. The molecule has 0 unspecified atom stereocenters. The summed E-state index contributed by atoms with van der Waals surface area (Å²) in [5.41, 5.74) is 0.313. The van der Waals surface area contributed by atoms with Gasteiger partial charge in [0.1, 0.15) is 12.0 Å². The van der Waals surface area contributed by atoms with Gasteiger partial charge < -0.3 is 4.74 Å². The molecule has 0 aliphatic heterocycles. The lowest BCUT2D eigenvalue weighted by atomic mass is 10.2. The van der Waals surface area contributed by atoms with E-state index in [1.807, 2.05) is 0 Å². The molecule has 0 heterocycles. The number of hydrogen-bond donors (Lipinski definition) is 0. The molecule has 0 N–H and O–H groups in total. The van der Waals surface area contributed by atoms with Gasteiger partial charge in [-0.25, -0.2) is 0 Å². The van der Waals surface area contributed by atoms with Gasteiger partial charge >= 0.3 is 6.61 Å². The zero-order valence-electron chi connectivity index (χ0n) is 6.04. The summed E-state index contributed by atoms with van der Waals surface area (Å²) in [7, 11) is 0. The minimum Gasteiger partial charge on any atom is -0.435 e. The lowest BCUT2D eigenvalue weighted by Crippen LogP contribution is -2.01. The van der Waals surface area contributed by atoms with Crippen molar-refractivity contribution in [3.63, 3.8) is 0 Å². The van der Waals surface area contributed by atoms with E-state index in [9.17, 15) is 13.6 Å². The van der Waals surface area contributed by atoms with Gasteiger partial charge in [0.05, 0.1) is 0 Å². The molecule has 2 nitrogen and oxygen atoms in total. The second kappa shape index (κ2) is 3.80. The first-order valence-electron chi connectivity index (χ1n) is 3.22. The Kier molecular flexibility index (Phi) is 2.74. The third-order valence-corrected chi connectivity index (χ3v) is 1.22. The Bertz CT molecular complexity index is 274. The number of carbonyl (C=O) groups excluding carboxylic acids is 1. The van der Waals surface area contributed by atoms with Gasteiger partial charge in [0.15, 0.2) is 0 Å². The van der Waals surface area contributed by atoms with E-state index in [1.165, 1.54) is 24.3 Å². The summed E-state index contributed by atoms with van der Waals surface area (Å²) in [4.78, 5) is 10.2. The normalized spacial score (nSPS) is 9.92. The van der Waals surface area contributed by atoms with E-state index < -0.39 is 6.61 Å². The molecule has 4 heteroatoms. The van der Waals surface area contributed by atoms with Gasteiger partial charge in [0.2, 0.25) is 0 Å². The van der Waals surface area contributed by atoms with Crippen LogP contribution in [0.4, 0.5) is 8.78 Å². The Morgan fingerprint density at radius 2 is 2.17 bits per heavy atom. The first kappa shape index (κ1) is 8.64. The first-order chi connectivity index (χ1) is 5.72. The average Bonchev–Trinajstić information content (AvgIpc) is 2.03. The maximum absolute atomic E-state index is 11.6. The van der Waals surface area contributed by atoms with Crippen molar-refractivity contribution in [2.24, 2.45) is 0 Å². The summed E-state index contributed by atoms with van der Waals surface area (Å²) >= 11 is 0. The maximum Gasteiger partial charge on any atom is 0.387 e. The van der Waals surface area contributed by atoms with Gasteiger partial charge in [-0.05, 0) is 12.1 Å². The highest BCUT2D eigenvalue weighted by Crippen LogP contribution is 2.14. The molecule has 0 amide bonds. The molecule has 0 saturated carbocycles. The molecule has 1 aromatic carbocycles. The van der Waals surface area contributed by atoms with E-state index in [1.54, 1.807) is 0 Å². The van der Waals surface area contributed by atoms with Crippen LogP contribution >= 0.6 is 0 Å². The fourth-order valence-corrected chi connectivity index (χ4v) is 0.764. The molecule has 0 atom stereocenters. The van der Waals surface area contributed by atoms with Gasteiger partial charge in [0, 0.05) is 5.56 Å². The standard InChI is InChI=1S/C8H6F2O2/c9-8(10)12-7-3-1-2-6(4-7)5-11/h1-5,8H. The number of rotatable bonds is 3. The van der Waals surface area contributed by atoms with Crippen molar-refractivity contribution in [1.82, 2.24) is 0 Å². The molecule has 0 aliphatic rings. The molecule has 0 spiro atoms. The first-order valence-corrected chi connectivity index (χ1v) is 3.22. The van der Waals surface area contributed by atoms with Crippen LogP contribution in [0.3, 0.4) is 0 Å². The average molecular weight is 172 g/mol. The van der Waals surface area contributed by atoms with Crippen LogP contribution in [0.25, 0.3) is 0 Å². The summed E-state index contributed by atoms with van der Waals surface area (Å²) in [5.74, 6) is -0.00500. The van der Waals surface area contributed by atoms with E-state index in [-0.39, 0.29) is 5.75 Å². The summed E-state index contributed by atoms with van der Waals surface area (Å²) in [6.07, 6.45) is 0.568. The highest BCUT2D eigenvalue weighted by molar-refractivity contribution is 5.75. The fourth-order valence-electron chi connectivity index (χ4n) is 0.764. The van der Waals surface area contributed by atoms with Crippen LogP contribution in [0.15, 0.2) is 24.3 Å². The van der Waals surface area contributed by atoms with Crippen molar-refractivity contribution in [2.75, 3.05) is 0 Å². The van der Waals surface area contributed by atoms with Crippen LogP contribution in [0.5, 0.6) is 5.75 Å². The number of halogens is 2. The lowest BCUT2D eigenvalue weighted by Gasteiger charge is -2.03. The van der Waals surface area contributed by atoms with Crippen LogP contribution in [0.1, 0.15) is 10.4 Å².